The Kier molecular flexibility index (Phi) is 4.00. The number of nitrogen functional groups attached to an aromatic ring is 2. The number of anilines is 2. The fourth-order valence-corrected chi connectivity index (χ4v) is 4.67. The van der Waals surface area contributed by atoms with Crippen molar-refractivity contribution in [3.8, 4) is 0 Å². The van der Waals surface area contributed by atoms with Crippen LogP contribution in [0.2, 0.25) is 0 Å². The van der Waals surface area contributed by atoms with E-state index >= 15 is 0 Å². The highest BCUT2D eigenvalue weighted by Crippen LogP contribution is 2.39. The number of nitrogens with two attached hydrogens (primary N) is 2. The van der Waals surface area contributed by atoms with E-state index in [0.29, 0.717) is 0 Å². The van der Waals surface area contributed by atoms with Crippen LogP contribution in [0.1, 0.15) is 0 Å². The molecule has 0 bridgehead atoms. The van der Waals surface area contributed by atoms with Crippen LogP contribution in [-0.2, 0) is 0 Å². The first-order valence-electron chi connectivity index (χ1n) is 7.60. The average molecular weight is 348 g/mol. The zero-order chi connectivity index (χ0) is 16.5. The Balaban J connectivity index is 1.56. The van der Waals surface area contributed by atoms with Gasteiger partial charge in [0.1, 0.15) is 0 Å². The van der Waals surface area contributed by atoms with Crippen LogP contribution in [0.5, 0.6) is 0 Å². The summed E-state index contributed by atoms with van der Waals surface area (Å²) in [4.78, 5) is 2.46. The quantitative estimate of drug-likeness (QED) is 0.354. The van der Waals surface area contributed by atoms with Crippen LogP contribution in [0.15, 0.2) is 82.6 Å². The lowest BCUT2D eigenvalue weighted by Gasteiger charge is -2.06. The smallest absolute Gasteiger partial charge is 0.0320 e. The van der Waals surface area contributed by atoms with Crippen LogP contribution < -0.4 is 11.5 Å². The molecule has 0 saturated carbocycles. The van der Waals surface area contributed by atoms with E-state index in [1.165, 1.54) is 31.3 Å². The molecule has 0 heterocycles. The van der Waals surface area contributed by atoms with Gasteiger partial charge in [-0.15, -0.1) is 0 Å². The van der Waals surface area contributed by atoms with Crippen molar-refractivity contribution in [1.29, 1.82) is 0 Å². The fraction of sp³-hybridized carbons (Fsp3) is 0. The Bertz CT molecular complexity index is 959. The number of rotatable bonds is 3. The lowest BCUT2D eigenvalue weighted by atomic mass is 10.1. The summed E-state index contributed by atoms with van der Waals surface area (Å²) in [5.74, 6) is 0. The molecule has 0 spiro atoms. The Morgan fingerprint density at radius 1 is 0.458 bits per heavy atom. The lowest BCUT2D eigenvalue weighted by Crippen LogP contribution is -1.84. The van der Waals surface area contributed by atoms with Crippen LogP contribution in [0, 0.1) is 0 Å². The van der Waals surface area contributed by atoms with E-state index in [0.717, 1.165) is 11.4 Å². The SMILES string of the molecule is Nc1ccc2cc(SSc3ccc4cc(N)ccc4c3)ccc2c1. The minimum absolute atomic E-state index is 0.800. The van der Waals surface area contributed by atoms with Gasteiger partial charge in [-0.3, -0.25) is 0 Å². The highest BCUT2D eigenvalue weighted by atomic mass is 33.1. The first kappa shape index (κ1) is 15.2. The number of hydrogen-bond acceptors (Lipinski definition) is 4. The molecule has 4 aromatic carbocycles. The van der Waals surface area contributed by atoms with Crippen molar-refractivity contribution < 1.29 is 0 Å². The predicted octanol–water partition coefficient (Wildman–Crippen LogP) is 5.96. The largest absolute Gasteiger partial charge is 0.399 e. The van der Waals surface area contributed by atoms with Crippen molar-refractivity contribution in [2.45, 2.75) is 9.79 Å². The summed E-state index contributed by atoms with van der Waals surface area (Å²) in [5.41, 5.74) is 13.3. The van der Waals surface area contributed by atoms with Crippen LogP contribution in [-0.4, -0.2) is 0 Å². The summed E-state index contributed by atoms with van der Waals surface area (Å²) < 4.78 is 0. The van der Waals surface area contributed by atoms with Gasteiger partial charge in [0, 0.05) is 21.2 Å². The van der Waals surface area contributed by atoms with Crippen molar-refractivity contribution in [1.82, 2.24) is 0 Å². The molecule has 0 aromatic heterocycles. The maximum Gasteiger partial charge on any atom is 0.0320 e. The summed E-state index contributed by atoms with van der Waals surface area (Å²) >= 11 is 0. The second-order valence-corrected chi connectivity index (χ2v) is 7.98. The molecule has 0 unspecified atom stereocenters. The molecule has 0 radical (unpaired) electrons. The van der Waals surface area contributed by atoms with Crippen molar-refractivity contribution in [2.75, 3.05) is 11.5 Å². The molecule has 0 amide bonds. The van der Waals surface area contributed by atoms with Gasteiger partial charge in [0.05, 0.1) is 0 Å². The first-order chi connectivity index (χ1) is 11.7. The number of hydrogen-bond donors (Lipinski definition) is 2. The molecule has 4 aromatic rings. The Morgan fingerprint density at radius 3 is 1.29 bits per heavy atom. The van der Waals surface area contributed by atoms with E-state index in [4.69, 9.17) is 11.5 Å². The van der Waals surface area contributed by atoms with Gasteiger partial charge in [-0.2, -0.15) is 0 Å². The molecule has 118 valence electrons. The molecule has 0 aliphatic heterocycles. The van der Waals surface area contributed by atoms with Crippen molar-refractivity contribution in [3.05, 3.63) is 72.8 Å². The topological polar surface area (TPSA) is 52.0 Å². The molecule has 24 heavy (non-hydrogen) atoms. The van der Waals surface area contributed by atoms with Crippen molar-refractivity contribution in [3.63, 3.8) is 0 Å². The zero-order valence-corrected chi connectivity index (χ0v) is 14.5. The Labute approximate surface area is 148 Å². The molecule has 0 fully saturated rings. The molecule has 0 atom stereocenters. The molecule has 2 nitrogen and oxygen atoms in total. The second-order valence-electron chi connectivity index (χ2n) is 5.70. The van der Waals surface area contributed by atoms with Crippen LogP contribution in [0.4, 0.5) is 11.4 Å². The van der Waals surface area contributed by atoms with Gasteiger partial charge in [0.2, 0.25) is 0 Å². The van der Waals surface area contributed by atoms with Gasteiger partial charge >= 0.3 is 0 Å². The predicted molar refractivity (Wildman–Crippen MR) is 108 cm³/mol. The lowest BCUT2D eigenvalue weighted by molar-refractivity contribution is 1.51. The average Bonchev–Trinajstić information content (AvgIpc) is 2.60. The van der Waals surface area contributed by atoms with Crippen molar-refractivity contribution in [2.24, 2.45) is 0 Å². The Hall–Kier alpha value is -2.30. The van der Waals surface area contributed by atoms with Crippen LogP contribution >= 0.6 is 21.6 Å². The van der Waals surface area contributed by atoms with Crippen molar-refractivity contribution >= 4 is 54.5 Å². The van der Waals surface area contributed by atoms with Gasteiger partial charge in [-0.25, -0.2) is 0 Å². The van der Waals surface area contributed by atoms with E-state index in [1.807, 2.05) is 24.3 Å². The number of fused-ring (bicyclic) bond motifs is 2. The summed E-state index contributed by atoms with van der Waals surface area (Å²) in [6, 6.07) is 25.0. The third-order valence-electron chi connectivity index (χ3n) is 3.91. The third kappa shape index (κ3) is 3.16. The molecular formula is C20H16N2S2. The van der Waals surface area contributed by atoms with Gasteiger partial charge < -0.3 is 11.5 Å². The van der Waals surface area contributed by atoms with Gasteiger partial charge in [0.25, 0.3) is 0 Å². The zero-order valence-electron chi connectivity index (χ0n) is 12.9. The molecule has 0 aliphatic carbocycles. The number of benzene rings is 4. The summed E-state index contributed by atoms with van der Waals surface area (Å²) in [5, 5.41) is 4.77. The van der Waals surface area contributed by atoms with Gasteiger partial charge in [-0.05, 0) is 70.1 Å². The summed E-state index contributed by atoms with van der Waals surface area (Å²) in [6.45, 7) is 0. The summed E-state index contributed by atoms with van der Waals surface area (Å²) in [6.07, 6.45) is 0. The van der Waals surface area contributed by atoms with E-state index in [2.05, 4.69) is 48.5 Å². The van der Waals surface area contributed by atoms with E-state index < -0.39 is 0 Å². The van der Waals surface area contributed by atoms with Gasteiger partial charge in [-0.1, -0.05) is 45.9 Å². The minimum atomic E-state index is 0.800. The summed E-state index contributed by atoms with van der Waals surface area (Å²) in [7, 11) is 3.53. The normalized spacial score (nSPS) is 11.2. The fourth-order valence-electron chi connectivity index (χ4n) is 2.68. The first-order valence-corrected chi connectivity index (χ1v) is 9.75. The van der Waals surface area contributed by atoms with Crippen LogP contribution in [0.25, 0.3) is 21.5 Å². The molecular weight excluding hydrogens is 332 g/mol. The maximum atomic E-state index is 5.83. The molecule has 4 heteroatoms. The van der Waals surface area contributed by atoms with E-state index in [-0.39, 0.29) is 0 Å². The second kappa shape index (κ2) is 6.30. The molecule has 4 rings (SSSR count). The third-order valence-corrected chi connectivity index (χ3v) is 6.29. The highest BCUT2D eigenvalue weighted by molar-refractivity contribution is 8.76. The maximum absolute atomic E-state index is 5.83. The minimum Gasteiger partial charge on any atom is -0.399 e. The van der Waals surface area contributed by atoms with Crippen LogP contribution in [0.3, 0.4) is 0 Å². The van der Waals surface area contributed by atoms with E-state index in [9.17, 15) is 0 Å². The standard InChI is InChI=1S/C20H16N2S2/c21-17-5-1-15-11-19(7-3-13(15)9-17)23-24-20-8-4-14-10-18(22)6-2-16(14)12-20/h1-12H,21-22H2. The Morgan fingerprint density at radius 2 is 0.833 bits per heavy atom. The van der Waals surface area contributed by atoms with Gasteiger partial charge in [0.15, 0.2) is 0 Å². The monoisotopic (exact) mass is 348 g/mol. The molecule has 0 saturated heterocycles. The molecule has 4 N–H and O–H groups in total. The highest BCUT2D eigenvalue weighted by Gasteiger charge is 2.02. The molecule has 0 aliphatic rings. The van der Waals surface area contributed by atoms with E-state index in [1.54, 1.807) is 21.6 Å².